The summed E-state index contributed by atoms with van der Waals surface area (Å²) in [4.78, 5) is 18.1. The lowest BCUT2D eigenvalue weighted by Crippen LogP contribution is -2.45. The summed E-state index contributed by atoms with van der Waals surface area (Å²) in [6, 6.07) is 2.12. The molecule has 1 fully saturated rings. The van der Waals surface area contributed by atoms with E-state index in [0.717, 1.165) is 45.0 Å². The third-order valence-corrected chi connectivity index (χ3v) is 4.08. The summed E-state index contributed by atoms with van der Waals surface area (Å²) >= 11 is 0. The molecule has 0 saturated carbocycles. The number of nitrogens with zero attached hydrogens (tertiary/aromatic N) is 2. The molecule has 23 heavy (non-hydrogen) atoms. The Labute approximate surface area is 134 Å². The van der Waals surface area contributed by atoms with E-state index in [4.69, 9.17) is 0 Å². The van der Waals surface area contributed by atoms with Gasteiger partial charge in [-0.25, -0.2) is 4.98 Å². The highest BCUT2D eigenvalue weighted by Crippen LogP contribution is 2.28. The van der Waals surface area contributed by atoms with Crippen LogP contribution in [0, 0.1) is 6.92 Å². The van der Waals surface area contributed by atoms with Crippen LogP contribution in [-0.4, -0.2) is 41.5 Å². The normalized spacial score (nSPS) is 17.3. The molecule has 0 spiro atoms. The van der Waals surface area contributed by atoms with E-state index in [9.17, 15) is 18.0 Å². The number of alkyl halides is 3. The molecule has 2 heterocycles. The van der Waals surface area contributed by atoms with E-state index in [0.29, 0.717) is 0 Å². The van der Waals surface area contributed by atoms with Gasteiger partial charge in [-0.1, -0.05) is 6.92 Å². The number of carbonyl (C=O) groups excluding carboxylic acids is 1. The fraction of sp³-hybridized carbons (Fsp3) is 0.625. The summed E-state index contributed by atoms with van der Waals surface area (Å²) in [7, 11) is 0. The second-order valence-corrected chi connectivity index (χ2v) is 5.92. The third-order valence-electron chi connectivity index (χ3n) is 4.08. The van der Waals surface area contributed by atoms with Gasteiger partial charge in [-0.05, 0) is 44.9 Å². The van der Waals surface area contributed by atoms with E-state index in [2.05, 4.69) is 22.1 Å². The Balaban J connectivity index is 1.96. The number of carbonyl (C=O) groups is 1. The second-order valence-electron chi connectivity index (χ2n) is 5.92. The predicted molar refractivity (Wildman–Crippen MR) is 81.2 cm³/mol. The summed E-state index contributed by atoms with van der Waals surface area (Å²) in [6.07, 6.45) is -1.67. The topological polar surface area (TPSA) is 45.2 Å². The van der Waals surface area contributed by atoms with Crippen LogP contribution in [0.3, 0.4) is 0 Å². The second kappa shape index (κ2) is 7.29. The average molecular weight is 329 g/mol. The fourth-order valence-corrected chi connectivity index (χ4v) is 2.84. The number of likely N-dealkylation sites (tertiary alicyclic amines) is 1. The molecule has 0 aromatic carbocycles. The fourth-order valence-electron chi connectivity index (χ4n) is 2.84. The van der Waals surface area contributed by atoms with Crippen LogP contribution in [0.1, 0.15) is 47.9 Å². The van der Waals surface area contributed by atoms with Gasteiger partial charge in [-0.3, -0.25) is 4.79 Å². The molecular weight excluding hydrogens is 307 g/mol. The highest BCUT2D eigenvalue weighted by Gasteiger charge is 2.33. The van der Waals surface area contributed by atoms with E-state index in [1.807, 2.05) is 0 Å². The Kier molecular flexibility index (Phi) is 5.62. The van der Waals surface area contributed by atoms with Gasteiger partial charge in [0.2, 0.25) is 0 Å². The van der Waals surface area contributed by atoms with Gasteiger partial charge in [0.1, 0.15) is 5.69 Å². The molecule has 1 saturated heterocycles. The zero-order valence-corrected chi connectivity index (χ0v) is 13.4. The van der Waals surface area contributed by atoms with Gasteiger partial charge in [0.15, 0.2) is 0 Å². The van der Waals surface area contributed by atoms with Crippen LogP contribution in [0.15, 0.2) is 12.1 Å². The molecule has 128 valence electrons. The van der Waals surface area contributed by atoms with Crippen molar-refractivity contribution in [3.05, 3.63) is 29.1 Å². The van der Waals surface area contributed by atoms with E-state index in [1.165, 1.54) is 13.0 Å². The molecule has 1 aromatic heterocycles. The first-order valence-corrected chi connectivity index (χ1v) is 7.89. The Morgan fingerprint density at radius 2 is 2.00 bits per heavy atom. The average Bonchev–Trinajstić information content (AvgIpc) is 2.48. The van der Waals surface area contributed by atoms with Crippen molar-refractivity contribution < 1.29 is 18.0 Å². The zero-order chi connectivity index (χ0) is 17.0. The van der Waals surface area contributed by atoms with E-state index in [-0.39, 0.29) is 23.2 Å². The molecule has 1 amide bonds. The summed E-state index contributed by atoms with van der Waals surface area (Å²) < 4.78 is 37.8. The Morgan fingerprint density at radius 1 is 1.35 bits per heavy atom. The van der Waals surface area contributed by atoms with Crippen LogP contribution in [-0.2, 0) is 6.18 Å². The zero-order valence-electron chi connectivity index (χ0n) is 13.4. The minimum Gasteiger partial charge on any atom is -0.349 e. The molecule has 1 aromatic rings. The van der Waals surface area contributed by atoms with E-state index in [1.54, 1.807) is 0 Å². The first kappa shape index (κ1) is 17.7. The number of hydrogen-bond acceptors (Lipinski definition) is 3. The van der Waals surface area contributed by atoms with E-state index >= 15 is 0 Å². The molecular formula is C16H22F3N3O. The van der Waals surface area contributed by atoms with E-state index < -0.39 is 11.9 Å². The third kappa shape index (κ3) is 4.67. The van der Waals surface area contributed by atoms with Crippen molar-refractivity contribution in [1.82, 2.24) is 15.2 Å². The van der Waals surface area contributed by atoms with Gasteiger partial charge in [-0.2, -0.15) is 13.2 Å². The van der Waals surface area contributed by atoms with Gasteiger partial charge in [0.05, 0.1) is 11.3 Å². The highest BCUT2D eigenvalue weighted by molar-refractivity contribution is 5.95. The molecule has 1 aliphatic rings. The van der Waals surface area contributed by atoms with Crippen LogP contribution in [0.2, 0.25) is 0 Å². The Morgan fingerprint density at radius 3 is 2.52 bits per heavy atom. The van der Waals surface area contributed by atoms with Crippen LogP contribution < -0.4 is 5.32 Å². The maximum absolute atomic E-state index is 12.6. The van der Waals surface area contributed by atoms with Crippen LogP contribution >= 0.6 is 0 Å². The maximum atomic E-state index is 12.6. The standard InChI is InChI=1S/C16H22F3N3O/c1-3-8-22-9-6-12(7-10-22)21-15(23)13-4-5-14(16(17,18)19)20-11(13)2/h4-5,12H,3,6-10H2,1-2H3,(H,21,23). The number of halogens is 3. The van der Waals surface area contributed by atoms with Crippen molar-refractivity contribution >= 4 is 5.91 Å². The van der Waals surface area contributed by atoms with Crippen molar-refractivity contribution in [3.8, 4) is 0 Å². The van der Waals surface area contributed by atoms with Gasteiger partial charge < -0.3 is 10.2 Å². The van der Waals surface area contributed by atoms with Crippen LogP contribution in [0.25, 0.3) is 0 Å². The highest BCUT2D eigenvalue weighted by atomic mass is 19.4. The number of pyridine rings is 1. The minimum absolute atomic E-state index is 0.0669. The number of nitrogens with one attached hydrogen (secondary N) is 1. The number of rotatable bonds is 4. The SMILES string of the molecule is CCCN1CCC(NC(=O)c2ccc(C(F)(F)F)nc2C)CC1. The molecule has 1 aliphatic heterocycles. The molecule has 0 unspecified atom stereocenters. The minimum atomic E-state index is -4.49. The van der Waals surface area contributed by atoms with Crippen LogP contribution in [0.4, 0.5) is 13.2 Å². The molecule has 7 heteroatoms. The quantitative estimate of drug-likeness (QED) is 0.923. The van der Waals surface area contributed by atoms with Crippen molar-refractivity contribution in [2.45, 2.75) is 45.3 Å². The molecule has 2 rings (SSSR count). The van der Waals surface area contributed by atoms with Gasteiger partial charge in [-0.15, -0.1) is 0 Å². The Hall–Kier alpha value is -1.63. The first-order chi connectivity index (χ1) is 10.8. The number of aromatic nitrogens is 1. The molecule has 0 radical (unpaired) electrons. The van der Waals surface area contributed by atoms with Crippen molar-refractivity contribution in [1.29, 1.82) is 0 Å². The molecule has 0 bridgehead atoms. The molecule has 1 N–H and O–H groups in total. The van der Waals surface area contributed by atoms with Gasteiger partial charge >= 0.3 is 6.18 Å². The monoisotopic (exact) mass is 329 g/mol. The van der Waals surface area contributed by atoms with Crippen molar-refractivity contribution in [2.24, 2.45) is 0 Å². The van der Waals surface area contributed by atoms with Gasteiger partial charge in [0, 0.05) is 19.1 Å². The van der Waals surface area contributed by atoms with Crippen molar-refractivity contribution in [2.75, 3.05) is 19.6 Å². The van der Waals surface area contributed by atoms with Crippen LogP contribution in [0.5, 0.6) is 0 Å². The number of piperidine rings is 1. The molecule has 0 aliphatic carbocycles. The van der Waals surface area contributed by atoms with Gasteiger partial charge in [0.25, 0.3) is 5.91 Å². The number of hydrogen-bond donors (Lipinski definition) is 1. The summed E-state index contributed by atoms with van der Waals surface area (Å²) in [5.74, 6) is -0.349. The lowest BCUT2D eigenvalue weighted by molar-refractivity contribution is -0.141. The Bertz CT molecular complexity index is 552. The smallest absolute Gasteiger partial charge is 0.349 e. The largest absolute Gasteiger partial charge is 0.433 e. The lowest BCUT2D eigenvalue weighted by atomic mass is 10.0. The number of aryl methyl sites for hydroxylation is 1. The summed E-state index contributed by atoms with van der Waals surface area (Å²) in [5, 5.41) is 2.91. The maximum Gasteiger partial charge on any atom is 0.433 e. The lowest BCUT2D eigenvalue weighted by Gasteiger charge is -2.32. The molecule has 4 nitrogen and oxygen atoms in total. The molecule has 0 atom stereocenters. The predicted octanol–water partition coefficient (Wildman–Crippen LogP) is 3.01. The number of amides is 1. The first-order valence-electron chi connectivity index (χ1n) is 7.89. The van der Waals surface area contributed by atoms with Crippen molar-refractivity contribution in [3.63, 3.8) is 0 Å². The summed E-state index contributed by atoms with van der Waals surface area (Å²) in [5.41, 5.74) is -0.672. The summed E-state index contributed by atoms with van der Waals surface area (Å²) in [6.45, 7) is 6.48.